The van der Waals surface area contributed by atoms with E-state index < -0.39 is 0 Å². The molecule has 1 aromatic heterocycles. The summed E-state index contributed by atoms with van der Waals surface area (Å²) in [6.45, 7) is 4.69. The molecule has 1 aliphatic carbocycles. The van der Waals surface area contributed by atoms with Crippen LogP contribution in [0.3, 0.4) is 0 Å². The summed E-state index contributed by atoms with van der Waals surface area (Å²) in [5, 5.41) is 6.16. The molecule has 7 rings (SSSR count). The van der Waals surface area contributed by atoms with E-state index in [1.54, 1.807) is 0 Å². The van der Waals surface area contributed by atoms with Gasteiger partial charge in [0.15, 0.2) is 0 Å². The third-order valence-electron chi connectivity index (χ3n) is 7.56. The summed E-state index contributed by atoms with van der Waals surface area (Å²) in [4.78, 5) is 0. The number of aromatic nitrogens is 1. The number of fused-ring (bicyclic) bond motifs is 6. The van der Waals surface area contributed by atoms with Crippen molar-refractivity contribution in [3.63, 3.8) is 0 Å². The molecule has 0 unspecified atom stereocenters. The lowest BCUT2D eigenvalue weighted by Crippen LogP contribution is -2.15. The van der Waals surface area contributed by atoms with Crippen LogP contribution in [0.15, 0.2) is 115 Å². The van der Waals surface area contributed by atoms with Crippen LogP contribution in [0.5, 0.6) is 0 Å². The Hall–Kier alpha value is -4.30. The van der Waals surface area contributed by atoms with Gasteiger partial charge in [-0.1, -0.05) is 80.6 Å². The third-order valence-corrected chi connectivity index (χ3v) is 7.56. The minimum Gasteiger partial charge on any atom is -0.356 e. The number of nitrogens with one attached hydrogen (secondary N) is 1. The molecule has 168 valence electrons. The number of rotatable bonds is 3. The van der Waals surface area contributed by atoms with Crippen molar-refractivity contribution >= 4 is 33.2 Å². The minimum absolute atomic E-state index is 0.0895. The molecule has 0 aliphatic heterocycles. The second kappa shape index (κ2) is 7.35. The average molecular weight is 451 g/mol. The summed E-state index contributed by atoms with van der Waals surface area (Å²) >= 11 is 0. The van der Waals surface area contributed by atoms with E-state index in [9.17, 15) is 0 Å². The van der Waals surface area contributed by atoms with E-state index in [2.05, 4.69) is 133 Å². The van der Waals surface area contributed by atoms with Crippen LogP contribution in [0, 0.1) is 0 Å². The molecule has 0 saturated heterocycles. The van der Waals surface area contributed by atoms with Crippen molar-refractivity contribution in [1.29, 1.82) is 0 Å². The Morgan fingerprint density at radius 1 is 0.543 bits per heavy atom. The Bertz CT molecular complexity index is 1690. The maximum Gasteiger partial charge on any atom is 0.0541 e. The summed E-state index contributed by atoms with van der Waals surface area (Å²) in [7, 11) is 0. The third kappa shape index (κ3) is 2.96. The average Bonchev–Trinajstić information content (AvgIpc) is 3.34. The molecule has 2 nitrogen and oxygen atoms in total. The first-order chi connectivity index (χ1) is 17.1. The number of hydrogen-bond acceptors (Lipinski definition) is 1. The molecular formula is C33H26N2. The Balaban J connectivity index is 1.37. The lowest BCUT2D eigenvalue weighted by Gasteiger charge is -2.23. The van der Waals surface area contributed by atoms with Crippen LogP contribution in [0.4, 0.5) is 11.4 Å². The van der Waals surface area contributed by atoms with E-state index in [1.165, 1.54) is 49.7 Å². The second-order valence-electron chi connectivity index (χ2n) is 9.98. The lowest BCUT2D eigenvalue weighted by molar-refractivity contribution is 0.660. The highest BCUT2D eigenvalue weighted by atomic mass is 15.0. The van der Waals surface area contributed by atoms with Crippen molar-refractivity contribution < 1.29 is 0 Å². The minimum atomic E-state index is -0.0895. The fraction of sp³-hybridized carbons (Fsp3) is 0.0909. The van der Waals surface area contributed by atoms with Gasteiger partial charge in [-0.25, -0.2) is 0 Å². The van der Waals surface area contributed by atoms with Gasteiger partial charge in [-0.05, 0) is 70.8 Å². The van der Waals surface area contributed by atoms with Crippen LogP contribution in [0.25, 0.3) is 38.6 Å². The van der Waals surface area contributed by atoms with Gasteiger partial charge in [-0.3, -0.25) is 0 Å². The number of anilines is 2. The molecule has 0 bridgehead atoms. The Labute approximate surface area is 205 Å². The first-order valence-corrected chi connectivity index (χ1v) is 12.2. The molecule has 1 aliphatic rings. The van der Waals surface area contributed by atoms with Crippen molar-refractivity contribution in [2.45, 2.75) is 19.3 Å². The summed E-state index contributed by atoms with van der Waals surface area (Å²) < 4.78 is 2.41. The number of benzene rings is 5. The van der Waals surface area contributed by atoms with Gasteiger partial charge in [-0.15, -0.1) is 0 Å². The zero-order chi connectivity index (χ0) is 23.6. The van der Waals surface area contributed by atoms with E-state index >= 15 is 0 Å². The van der Waals surface area contributed by atoms with E-state index in [1.807, 2.05) is 6.07 Å². The summed E-state index contributed by atoms with van der Waals surface area (Å²) in [6.07, 6.45) is 0. The molecule has 6 aromatic rings. The molecule has 0 radical (unpaired) electrons. The molecule has 2 heteroatoms. The molecule has 0 atom stereocenters. The highest BCUT2D eigenvalue weighted by Gasteiger charge is 2.36. The molecule has 5 aromatic carbocycles. The number of para-hydroxylation sites is 3. The monoisotopic (exact) mass is 450 g/mol. The van der Waals surface area contributed by atoms with Crippen LogP contribution in [0.1, 0.15) is 25.0 Å². The first kappa shape index (κ1) is 20.1. The molecule has 0 spiro atoms. The standard InChI is InChI=1S/C33H26N2/c1-33(2)29-20-23(34-22-10-4-3-5-11-22)16-18-25(29)26-19-17-24(21-30(26)33)35-31-14-8-6-12-27(31)28-13-7-9-15-32(28)35/h3-21,34H,1-2H3. The Morgan fingerprint density at radius 3 is 1.80 bits per heavy atom. The van der Waals surface area contributed by atoms with Crippen LogP contribution < -0.4 is 5.32 Å². The van der Waals surface area contributed by atoms with Crippen LogP contribution in [0.2, 0.25) is 0 Å². The largest absolute Gasteiger partial charge is 0.356 e. The summed E-state index contributed by atoms with van der Waals surface area (Å²) in [5.74, 6) is 0. The highest BCUT2D eigenvalue weighted by Crippen LogP contribution is 2.50. The van der Waals surface area contributed by atoms with Gasteiger partial charge in [0.25, 0.3) is 0 Å². The fourth-order valence-corrected chi connectivity index (χ4v) is 5.83. The zero-order valence-corrected chi connectivity index (χ0v) is 19.9. The fourth-order valence-electron chi connectivity index (χ4n) is 5.83. The zero-order valence-electron chi connectivity index (χ0n) is 19.9. The molecule has 35 heavy (non-hydrogen) atoms. The van der Waals surface area contributed by atoms with E-state index in [4.69, 9.17) is 0 Å². The number of nitrogens with zero attached hydrogens (tertiary/aromatic N) is 1. The van der Waals surface area contributed by atoms with Crippen molar-refractivity contribution in [1.82, 2.24) is 4.57 Å². The summed E-state index contributed by atoms with van der Waals surface area (Å²) in [6, 6.07) is 41.6. The van der Waals surface area contributed by atoms with Crippen molar-refractivity contribution in [2.24, 2.45) is 0 Å². The quantitative estimate of drug-likeness (QED) is 0.285. The van der Waals surface area contributed by atoms with E-state index in [0.29, 0.717) is 0 Å². The predicted octanol–water partition coefficient (Wildman–Crippen LogP) is 8.83. The Kier molecular flexibility index (Phi) is 4.22. The van der Waals surface area contributed by atoms with Crippen LogP contribution in [-0.4, -0.2) is 4.57 Å². The molecule has 0 amide bonds. The molecule has 1 N–H and O–H groups in total. The highest BCUT2D eigenvalue weighted by molar-refractivity contribution is 6.09. The van der Waals surface area contributed by atoms with Gasteiger partial charge in [-0.2, -0.15) is 0 Å². The lowest BCUT2D eigenvalue weighted by atomic mass is 9.82. The summed E-state index contributed by atoms with van der Waals surface area (Å²) in [5.41, 5.74) is 11.3. The number of hydrogen-bond donors (Lipinski definition) is 1. The van der Waals surface area contributed by atoms with Gasteiger partial charge < -0.3 is 9.88 Å². The molecule has 1 heterocycles. The normalized spacial score (nSPS) is 13.7. The first-order valence-electron chi connectivity index (χ1n) is 12.2. The SMILES string of the molecule is CC1(C)c2cc(Nc3ccccc3)ccc2-c2ccc(-n3c4ccccc4c4ccccc43)cc21. The van der Waals surface area contributed by atoms with Crippen LogP contribution in [-0.2, 0) is 5.41 Å². The van der Waals surface area contributed by atoms with Gasteiger partial charge in [0.05, 0.1) is 11.0 Å². The van der Waals surface area contributed by atoms with Crippen molar-refractivity contribution in [3.05, 3.63) is 126 Å². The van der Waals surface area contributed by atoms with E-state index in [-0.39, 0.29) is 5.41 Å². The van der Waals surface area contributed by atoms with Crippen LogP contribution >= 0.6 is 0 Å². The van der Waals surface area contributed by atoms with Gasteiger partial charge >= 0.3 is 0 Å². The Morgan fingerprint density at radius 2 is 1.11 bits per heavy atom. The molecular weight excluding hydrogens is 424 g/mol. The molecule has 0 fully saturated rings. The predicted molar refractivity (Wildman–Crippen MR) is 148 cm³/mol. The maximum absolute atomic E-state index is 3.57. The maximum atomic E-state index is 3.57. The van der Waals surface area contributed by atoms with Crippen molar-refractivity contribution in [3.8, 4) is 16.8 Å². The second-order valence-corrected chi connectivity index (χ2v) is 9.98. The van der Waals surface area contributed by atoms with Gasteiger partial charge in [0, 0.05) is 33.2 Å². The topological polar surface area (TPSA) is 17.0 Å². The smallest absolute Gasteiger partial charge is 0.0541 e. The van der Waals surface area contributed by atoms with Gasteiger partial charge in [0.2, 0.25) is 0 Å². The van der Waals surface area contributed by atoms with Crippen molar-refractivity contribution in [2.75, 3.05) is 5.32 Å². The molecule has 0 saturated carbocycles. The van der Waals surface area contributed by atoms with Gasteiger partial charge in [0.1, 0.15) is 0 Å². The van der Waals surface area contributed by atoms with E-state index in [0.717, 1.165) is 11.4 Å².